The number of aryl methyl sites for hydroxylation is 3. The third-order valence-electron chi connectivity index (χ3n) is 5.22. The zero-order chi connectivity index (χ0) is 19.5. The molecule has 0 radical (unpaired) electrons. The van der Waals surface area contributed by atoms with Crippen molar-refractivity contribution in [1.82, 2.24) is 9.13 Å². The molecule has 0 unspecified atom stereocenters. The Kier molecular flexibility index (Phi) is 5.40. The van der Waals surface area contributed by atoms with Gasteiger partial charge in [-0.2, -0.15) is 0 Å². The van der Waals surface area contributed by atoms with E-state index >= 15 is 0 Å². The quantitative estimate of drug-likeness (QED) is 0.451. The van der Waals surface area contributed by atoms with E-state index in [1.807, 2.05) is 0 Å². The van der Waals surface area contributed by atoms with Crippen molar-refractivity contribution in [3.8, 4) is 0 Å². The molecule has 0 aliphatic carbocycles. The summed E-state index contributed by atoms with van der Waals surface area (Å²) in [6, 6.07) is 25.7. The largest absolute Gasteiger partial charge is 0.310 e. The second kappa shape index (κ2) is 8.11. The SMILES string of the molecule is CSc1ccc(Cn2c(=N)n(CCc3ccc(C)cc3)c3ccccc32)cc1. The summed E-state index contributed by atoms with van der Waals surface area (Å²) in [7, 11) is 0. The van der Waals surface area contributed by atoms with Crippen molar-refractivity contribution in [2.24, 2.45) is 0 Å². The van der Waals surface area contributed by atoms with Crippen LogP contribution in [0, 0.1) is 12.3 Å². The fourth-order valence-electron chi connectivity index (χ4n) is 3.59. The Morgan fingerprint density at radius 2 is 1.39 bits per heavy atom. The molecule has 0 aliphatic rings. The first-order valence-electron chi connectivity index (χ1n) is 9.57. The van der Waals surface area contributed by atoms with Crippen molar-refractivity contribution in [2.75, 3.05) is 6.26 Å². The highest BCUT2D eigenvalue weighted by molar-refractivity contribution is 7.98. The Morgan fingerprint density at radius 1 is 0.786 bits per heavy atom. The topological polar surface area (TPSA) is 33.7 Å². The number of fused-ring (bicyclic) bond motifs is 1. The van der Waals surface area contributed by atoms with Crippen molar-refractivity contribution >= 4 is 22.8 Å². The molecule has 28 heavy (non-hydrogen) atoms. The second-order valence-electron chi connectivity index (χ2n) is 7.13. The molecule has 0 atom stereocenters. The normalized spacial score (nSPS) is 11.2. The molecule has 4 heteroatoms. The minimum absolute atomic E-state index is 0.558. The molecule has 4 rings (SSSR count). The Morgan fingerprint density at radius 3 is 2.04 bits per heavy atom. The van der Waals surface area contributed by atoms with Gasteiger partial charge in [0.05, 0.1) is 17.6 Å². The number of rotatable bonds is 6. The summed E-state index contributed by atoms with van der Waals surface area (Å²) in [6.45, 7) is 3.63. The van der Waals surface area contributed by atoms with Gasteiger partial charge >= 0.3 is 0 Å². The summed E-state index contributed by atoms with van der Waals surface area (Å²) in [6.07, 6.45) is 3.01. The van der Waals surface area contributed by atoms with Gasteiger partial charge in [0.1, 0.15) is 0 Å². The van der Waals surface area contributed by atoms with Crippen LogP contribution in [0.4, 0.5) is 0 Å². The smallest absolute Gasteiger partial charge is 0.203 e. The van der Waals surface area contributed by atoms with Crippen LogP contribution in [0.3, 0.4) is 0 Å². The summed E-state index contributed by atoms with van der Waals surface area (Å²) >= 11 is 1.75. The third-order valence-corrected chi connectivity index (χ3v) is 5.96. The second-order valence-corrected chi connectivity index (χ2v) is 8.01. The van der Waals surface area contributed by atoms with Crippen molar-refractivity contribution in [1.29, 1.82) is 5.41 Å². The lowest BCUT2D eigenvalue weighted by molar-refractivity contribution is 0.621. The first-order valence-corrected chi connectivity index (χ1v) is 10.8. The van der Waals surface area contributed by atoms with E-state index in [9.17, 15) is 0 Å². The molecule has 1 N–H and O–H groups in total. The van der Waals surface area contributed by atoms with Gasteiger partial charge in [-0.25, -0.2) is 0 Å². The van der Waals surface area contributed by atoms with E-state index < -0.39 is 0 Å². The molecule has 0 saturated carbocycles. The Hall–Kier alpha value is -2.72. The number of hydrogen-bond acceptors (Lipinski definition) is 2. The van der Waals surface area contributed by atoms with E-state index in [1.54, 1.807) is 11.8 Å². The Bertz CT molecular complexity index is 1140. The molecule has 3 aromatic carbocycles. The summed E-state index contributed by atoms with van der Waals surface area (Å²) < 4.78 is 4.24. The molecule has 0 amide bonds. The number of para-hydroxylation sites is 2. The average molecular weight is 388 g/mol. The molecule has 0 aliphatic heterocycles. The van der Waals surface area contributed by atoms with E-state index in [1.165, 1.54) is 21.6 Å². The predicted octanol–water partition coefficient (Wildman–Crippen LogP) is 5.24. The van der Waals surface area contributed by atoms with Crippen molar-refractivity contribution < 1.29 is 0 Å². The lowest BCUT2D eigenvalue weighted by atomic mass is 10.1. The molecule has 0 bridgehead atoms. The fraction of sp³-hybridized carbons (Fsp3) is 0.208. The highest BCUT2D eigenvalue weighted by Crippen LogP contribution is 2.18. The van der Waals surface area contributed by atoms with Crippen LogP contribution in [-0.2, 0) is 19.5 Å². The number of hydrogen-bond donors (Lipinski definition) is 1. The average Bonchev–Trinajstić information content (AvgIpc) is 2.99. The van der Waals surface area contributed by atoms with Crippen LogP contribution in [-0.4, -0.2) is 15.4 Å². The molecule has 1 heterocycles. The monoisotopic (exact) mass is 387 g/mol. The van der Waals surface area contributed by atoms with E-state index in [2.05, 4.69) is 95.1 Å². The number of nitrogens with one attached hydrogen (secondary N) is 1. The van der Waals surface area contributed by atoms with Crippen LogP contribution in [0.5, 0.6) is 0 Å². The number of nitrogens with zero attached hydrogens (tertiary/aromatic N) is 2. The standard InChI is InChI=1S/C24H25N3S/c1-18-7-9-19(10-8-18)15-16-26-22-5-3-4-6-23(22)27(24(26)25)17-20-11-13-21(28-2)14-12-20/h3-14,25H,15-17H2,1-2H3. The maximum absolute atomic E-state index is 8.82. The molecule has 3 nitrogen and oxygen atoms in total. The number of imidazole rings is 1. The van der Waals surface area contributed by atoms with E-state index in [0.717, 1.165) is 24.0 Å². The molecule has 142 valence electrons. The number of benzene rings is 3. The summed E-state index contributed by atoms with van der Waals surface area (Å²) in [4.78, 5) is 1.26. The van der Waals surface area contributed by atoms with Gasteiger partial charge in [0.2, 0.25) is 5.62 Å². The molecular formula is C24H25N3S. The van der Waals surface area contributed by atoms with Gasteiger partial charge in [-0.3, -0.25) is 5.41 Å². The fourth-order valence-corrected chi connectivity index (χ4v) is 4.00. The minimum atomic E-state index is 0.558. The van der Waals surface area contributed by atoms with E-state index in [-0.39, 0.29) is 0 Å². The third kappa shape index (κ3) is 3.78. The Balaban J connectivity index is 1.66. The van der Waals surface area contributed by atoms with Crippen molar-refractivity contribution in [3.63, 3.8) is 0 Å². The van der Waals surface area contributed by atoms with Gasteiger partial charge in [-0.1, -0.05) is 54.1 Å². The van der Waals surface area contributed by atoms with Crippen LogP contribution < -0.4 is 5.62 Å². The Labute approximate surface area is 170 Å². The molecular weight excluding hydrogens is 362 g/mol. The van der Waals surface area contributed by atoms with Gasteiger partial charge in [-0.05, 0) is 55.0 Å². The van der Waals surface area contributed by atoms with Crippen molar-refractivity contribution in [3.05, 3.63) is 95.1 Å². The highest BCUT2D eigenvalue weighted by atomic mass is 32.2. The van der Waals surface area contributed by atoms with Gasteiger partial charge < -0.3 is 9.13 Å². The summed E-state index contributed by atoms with van der Waals surface area (Å²) in [5.41, 5.74) is 6.61. The molecule has 0 spiro atoms. The van der Waals surface area contributed by atoms with Gasteiger partial charge in [0, 0.05) is 11.4 Å². The molecule has 0 saturated heterocycles. The lowest BCUT2D eigenvalue weighted by Gasteiger charge is -2.07. The first-order chi connectivity index (χ1) is 13.7. The van der Waals surface area contributed by atoms with Gasteiger partial charge in [-0.15, -0.1) is 11.8 Å². The predicted molar refractivity (Wildman–Crippen MR) is 118 cm³/mol. The number of thioether (sulfide) groups is 1. The van der Waals surface area contributed by atoms with Gasteiger partial charge in [0.15, 0.2) is 0 Å². The number of aromatic nitrogens is 2. The summed E-state index contributed by atoms with van der Waals surface area (Å²) in [5.74, 6) is 0. The van der Waals surface area contributed by atoms with Crippen LogP contribution in [0.2, 0.25) is 0 Å². The minimum Gasteiger partial charge on any atom is -0.310 e. The highest BCUT2D eigenvalue weighted by Gasteiger charge is 2.11. The molecule has 1 aromatic heterocycles. The van der Waals surface area contributed by atoms with Crippen molar-refractivity contribution in [2.45, 2.75) is 31.3 Å². The van der Waals surface area contributed by atoms with Gasteiger partial charge in [0.25, 0.3) is 0 Å². The van der Waals surface area contributed by atoms with Crippen LogP contribution in [0.1, 0.15) is 16.7 Å². The van der Waals surface area contributed by atoms with Crippen LogP contribution >= 0.6 is 11.8 Å². The van der Waals surface area contributed by atoms with Crippen LogP contribution in [0.25, 0.3) is 11.0 Å². The zero-order valence-electron chi connectivity index (χ0n) is 16.4. The lowest BCUT2D eigenvalue weighted by Crippen LogP contribution is -2.25. The maximum atomic E-state index is 8.82. The first kappa shape index (κ1) is 18.6. The summed E-state index contributed by atoms with van der Waals surface area (Å²) in [5, 5.41) is 8.82. The maximum Gasteiger partial charge on any atom is 0.203 e. The van der Waals surface area contributed by atoms with Crippen LogP contribution in [0.15, 0.2) is 77.7 Å². The van der Waals surface area contributed by atoms with E-state index in [4.69, 9.17) is 5.41 Å². The molecule has 0 fully saturated rings. The zero-order valence-corrected chi connectivity index (χ0v) is 17.2. The van der Waals surface area contributed by atoms with E-state index in [0.29, 0.717) is 12.2 Å². The molecule has 4 aromatic rings.